The minimum Gasteiger partial charge on any atom is -0.452 e. The van der Waals surface area contributed by atoms with Crippen molar-refractivity contribution in [3.63, 3.8) is 0 Å². The fraction of sp³-hybridized carbons (Fsp3) is 0. The zero-order valence-electron chi connectivity index (χ0n) is 13.8. The minimum absolute atomic E-state index is 0.182. The van der Waals surface area contributed by atoms with E-state index in [0.717, 1.165) is 16.7 Å². The first kappa shape index (κ1) is 15.8. The van der Waals surface area contributed by atoms with Crippen LogP contribution in [0.3, 0.4) is 0 Å². The first-order chi connectivity index (χ1) is 12.6. The maximum absolute atomic E-state index is 12.5. The van der Waals surface area contributed by atoms with E-state index < -0.39 is 5.91 Å². The van der Waals surface area contributed by atoms with Crippen LogP contribution in [0.1, 0.15) is 26.3 Å². The number of hydrogen-bond donors (Lipinski definition) is 1. The van der Waals surface area contributed by atoms with Crippen LogP contribution in [0.4, 0.5) is 0 Å². The molecule has 3 aromatic carbocycles. The lowest BCUT2D eigenvalue weighted by atomic mass is 10.0. The molecule has 0 saturated heterocycles. The Kier molecular flexibility index (Phi) is 3.86. The molecular formula is C22H15NO3. The van der Waals surface area contributed by atoms with Gasteiger partial charge in [-0.2, -0.15) is 0 Å². The summed E-state index contributed by atoms with van der Waals surface area (Å²) >= 11 is 0. The quantitative estimate of drug-likeness (QED) is 0.730. The standard InChI is InChI=1S/C22H15NO3/c23-22(25)18-8-4-7-17-20(24)19(26-21(17)18)13-14-9-11-16(12-10-14)15-5-2-1-3-6-15/h1-13H,(H2,23,25)/b19-13-. The lowest BCUT2D eigenvalue weighted by Gasteiger charge is -2.04. The second kappa shape index (κ2) is 6.33. The second-order valence-corrected chi connectivity index (χ2v) is 5.97. The summed E-state index contributed by atoms with van der Waals surface area (Å²) in [6, 6.07) is 22.7. The molecule has 1 aliphatic rings. The summed E-state index contributed by atoms with van der Waals surface area (Å²) in [5, 5.41) is 0. The Bertz CT molecular complexity index is 1030. The lowest BCUT2D eigenvalue weighted by molar-refractivity contribution is 0.0991. The number of ketones is 1. The molecule has 2 N–H and O–H groups in total. The molecule has 0 aliphatic carbocycles. The van der Waals surface area contributed by atoms with Crippen LogP contribution < -0.4 is 10.5 Å². The highest BCUT2D eigenvalue weighted by atomic mass is 16.5. The van der Waals surface area contributed by atoms with Crippen molar-refractivity contribution in [2.24, 2.45) is 5.73 Å². The first-order valence-corrected chi connectivity index (χ1v) is 8.16. The molecule has 1 aliphatic heterocycles. The van der Waals surface area contributed by atoms with E-state index >= 15 is 0 Å². The Hall–Kier alpha value is -3.66. The number of carbonyl (C=O) groups is 2. The predicted octanol–water partition coefficient (Wildman–Crippen LogP) is 4.07. The van der Waals surface area contributed by atoms with Crippen LogP contribution in [0.25, 0.3) is 17.2 Å². The van der Waals surface area contributed by atoms with Crippen LogP contribution in [-0.2, 0) is 0 Å². The van der Waals surface area contributed by atoms with Gasteiger partial charge in [-0.25, -0.2) is 0 Å². The van der Waals surface area contributed by atoms with Crippen molar-refractivity contribution < 1.29 is 14.3 Å². The van der Waals surface area contributed by atoms with E-state index in [0.29, 0.717) is 5.56 Å². The fourth-order valence-electron chi connectivity index (χ4n) is 2.96. The van der Waals surface area contributed by atoms with E-state index in [9.17, 15) is 9.59 Å². The summed E-state index contributed by atoms with van der Waals surface area (Å²) in [7, 11) is 0. The largest absolute Gasteiger partial charge is 0.452 e. The van der Waals surface area contributed by atoms with Gasteiger partial charge in [0, 0.05) is 0 Å². The van der Waals surface area contributed by atoms with Crippen LogP contribution in [0.15, 0.2) is 78.6 Å². The molecular weight excluding hydrogens is 326 g/mol. The van der Waals surface area contributed by atoms with Crippen molar-refractivity contribution in [2.75, 3.05) is 0 Å². The maximum Gasteiger partial charge on any atom is 0.252 e. The first-order valence-electron chi connectivity index (χ1n) is 8.16. The fourth-order valence-corrected chi connectivity index (χ4v) is 2.96. The van der Waals surface area contributed by atoms with E-state index in [1.165, 1.54) is 0 Å². The number of carbonyl (C=O) groups excluding carboxylic acids is 2. The maximum atomic E-state index is 12.5. The number of benzene rings is 3. The van der Waals surface area contributed by atoms with E-state index in [4.69, 9.17) is 10.5 Å². The summed E-state index contributed by atoms with van der Waals surface area (Å²) in [5.74, 6) is -0.461. The van der Waals surface area contributed by atoms with Gasteiger partial charge in [0.15, 0.2) is 11.5 Å². The SMILES string of the molecule is NC(=O)c1cccc2c1O/C(=C\c1ccc(-c3ccccc3)cc1)C2=O. The van der Waals surface area contributed by atoms with E-state index in [1.807, 2.05) is 54.6 Å². The van der Waals surface area contributed by atoms with Gasteiger partial charge in [0.1, 0.15) is 0 Å². The van der Waals surface area contributed by atoms with Crippen LogP contribution in [0.2, 0.25) is 0 Å². The number of Topliss-reactive ketones (excluding diaryl/α,β-unsaturated/α-hetero) is 1. The molecule has 0 aromatic heterocycles. The highest BCUT2D eigenvalue weighted by molar-refractivity contribution is 6.16. The predicted molar refractivity (Wildman–Crippen MR) is 99.8 cm³/mol. The molecule has 4 nitrogen and oxygen atoms in total. The topological polar surface area (TPSA) is 69.4 Å². The summed E-state index contributed by atoms with van der Waals surface area (Å²) in [4.78, 5) is 24.0. The molecule has 4 heteroatoms. The van der Waals surface area contributed by atoms with Crippen molar-refractivity contribution in [1.29, 1.82) is 0 Å². The lowest BCUT2D eigenvalue weighted by Crippen LogP contribution is -2.11. The zero-order chi connectivity index (χ0) is 18.1. The number of allylic oxidation sites excluding steroid dienone is 1. The highest BCUT2D eigenvalue weighted by Gasteiger charge is 2.30. The van der Waals surface area contributed by atoms with Gasteiger partial charge in [-0.3, -0.25) is 9.59 Å². The molecule has 0 bridgehead atoms. The minimum atomic E-state index is -0.622. The van der Waals surface area contributed by atoms with Crippen molar-refractivity contribution in [2.45, 2.75) is 0 Å². The number of nitrogens with two attached hydrogens (primary N) is 1. The molecule has 1 amide bonds. The number of ether oxygens (including phenoxy) is 1. The average Bonchev–Trinajstić information content (AvgIpc) is 2.99. The Balaban J connectivity index is 1.65. The number of fused-ring (bicyclic) bond motifs is 1. The summed E-state index contributed by atoms with van der Waals surface area (Å²) in [6.07, 6.45) is 1.67. The van der Waals surface area contributed by atoms with Crippen LogP contribution in [-0.4, -0.2) is 11.7 Å². The summed E-state index contributed by atoms with van der Waals surface area (Å²) in [5.41, 5.74) is 8.96. The van der Waals surface area contributed by atoms with Crippen LogP contribution >= 0.6 is 0 Å². The molecule has 3 aromatic rings. The molecule has 4 rings (SSSR count). The summed E-state index contributed by atoms with van der Waals surface area (Å²) < 4.78 is 5.64. The monoisotopic (exact) mass is 341 g/mol. The smallest absolute Gasteiger partial charge is 0.252 e. The second-order valence-electron chi connectivity index (χ2n) is 5.97. The molecule has 26 heavy (non-hydrogen) atoms. The Labute approximate surface area is 150 Å². The molecule has 1 heterocycles. The van der Waals surface area contributed by atoms with Gasteiger partial charge in [0.2, 0.25) is 5.78 Å². The van der Waals surface area contributed by atoms with E-state index in [1.54, 1.807) is 24.3 Å². The van der Waals surface area contributed by atoms with Crippen molar-refractivity contribution in [3.05, 3.63) is 95.2 Å². The number of amides is 1. The molecule has 0 saturated carbocycles. The number of primary amides is 1. The molecule has 126 valence electrons. The van der Waals surface area contributed by atoms with Gasteiger partial charge in [0.25, 0.3) is 5.91 Å². The van der Waals surface area contributed by atoms with Crippen LogP contribution in [0.5, 0.6) is 5.75 Å². The third-order valence-electron chi connectivity index (χ3n) is 4.28. The van der Waals surface area contributed by atoms with Gasteiger partial charge in [0.05, 0.1) is 11.1 Å². The van der Waals surface area contributed by atoms with E-state index in [2.05, 4.69) is 0 Å². The Morgan fingerprint density at radius 2 is 1.54 bits per heavy atom. The third kappa shape index (κ3) is 2.78. The average molecular weight is 341 g/mol. The number of para-hydroxylation sites is 1. The summed E-state index contributed by atoms with van der Waals surface area (Å²) in [6.45, 7) is 0. The van der Waals surface area contributed by atoms with Crippen molar-refractivity contribution >= 4 is 17.8 Å². The van der Waals surface area contributed by atoms with Gasteiger partial charge < -0.3 is 10.5 Å². The number of rotatable bonds is 3. The molecule has 0 spiro atoms. The van der Waals surface area contributed by atoms with Gasteiger partial charge in [-0.05, 0) is 34.9 Å². The van der Waals surface area contributed by atoms with Crippen molar-refractivity contribution in [3.8, 4) is 16.9 Å². The Morgan fingerprint density at radius 1 is 0.846 bits per heavy atom. The van der Waals surface area contributed by atoms with Gasteiger partial charge in [-0.1, -0.05) is 60.7 Å². The van der Waals surface area contributed by atoms with E-state index in [-0.39, 0.29) is 22.9 Å². The highest BCUT2D eigenvalue weighted by Crippen LogP contribution is 2.35. The number of hydrogen-bond acceptors (Lipinski definition) is 3. The third-order valence-corrected chi connectivity index (χ3v) is 4.28. The van der Waals surface area contributed by atoms with Crippen molar-refractivity contribution in [1.82, 2.24) is 0 Å². The molecule has 0 atom stereocenters. The Morgan fingerprint density at radius 3 is 2.23 bits per heavy atom. The van der Waals surface area contributed by atoms with Gasteiger partial charge >= 0.3 is 0 Å². The zero-order valence-corrected chi connectivity index (χ0v) is 13.8. The normalized spacial score (nSPS) is 14.2. The molecule has 0 fully saturated rings. The van der Waals surface area contributed by atoms with Crippen LogP contribution in [0, 0.1) is 0 Å². The van der Waals surface area contributed by atoms with Gasteiger partial charge in [-0.15, -0.1) is 0 Å². The molecule has 0 radical (unpaired) electrons. The molecule has 0 unspecified atom stereocenters.